The number of anilines is 1. The van der Waals surface area contributed by atoms with Crippen molar-refractivity contribution < 1.29 is 14.1 Å². The summed E-state index contributed by atoms with van der Waals surface area (Å²) >= 11 is 0. The number of nitrogens with zero attached hydrogens (tertiary/aromatic N) is 2. The van der Waals surface area contributed by atoms with E-state index in [2.05, 4.69) is 15.8 Å². The van der Waals surface area contributed by atoms with Crippen LogP contribution in [-0.4, -0.2) is 28.1 Å². The Morgan fingerprint density at radius 2 is 2.07 bits per heavy atom. The number of rotatable bonds is 2. The van der Waals surface area contributed by atoms with Crippen LogP contribution >= 0.6 is 0 Å². The standard InChI is InChI=1S/C20H22N4O3/c1-20(2,3)16-11-17(27-23-16)22-18(25)13-6-5-12-9-15-19(26)21-7-4-8-24(15)14(12)10-13/h5-6,9-11H,4,7-8H2,1-3H3,(H,21,26)(H,22,25). The Hall–Kier alpha value is -3.09. The van der Waals surface area contributed by atoms with Crippen LogP contribution in [0.25, 0.3) is 10.9 Å². The average molecular weight is 366 g/mol. The molecule has 2 amide bonds. The van der Waals surface area contributed by atoms with E-state index in [9.17, 15) is 9.59 Å². The molecule has 140 valence electrons. The second-order valence-corrected chi connectivity index (χ2v) is 7.84. The highest BCUT2D eigenvalue weighted by Gasteiger charge is 2.21. The molecule has 0 atom stereocenters. The van der Waals surface area contributed by atoms with E-state index >= 15 is 0 Å². The van der Waals surface area contributed by atoms with Crippen LogP contribution in [0.2, 0.25) is 0 Å². The molecule has 27 heavy (non-hydrogen) atoms. The minimum Gasteiger partial charge on any atom is -0.351 e. The van der Waals surface area contributed by atoms with Gasteiger partial charge >= 0.3 is 0 Å². The van der Waals surface area contributed by atoms with Crippen LogP contribution < -0.4 is 10.6 Å². The van der Waals surface area contributed by atoms with Gasteiger partial charge in [0, 0.05) is 41.0 Å². The lowest BCUT2D eigenvalue weighted by molar-refractivity contribution is 0.0950. The van der Waals surface area contributed by atoms with E-state index in [0.717, 1.165) is 29.6 Å². The zero-order valence-corrected chi connectivity index (χ0v) is 15.6. The third-order valence-corrected chi connectivity index (χ3v) is 4.76. The molecular weight excluding hydrogens is 344 g/mol. The fourth-order valence-electron chi connectivity index (χ4n) is 3.23. The number of hydrogen-bond acceptors (Lipinski definition) is 4. The van der Waals surface area contributed by atoms with Gasteiger partial charge in [-0.15, -0.1) is 0 Å². The molecule has 0 saturated carbocycles. The van der Waals surface area contributed by atoms with Gasteiger partial charge in [0.25, 0.3) is 11.8 Å². The third-order valence-electron chi connectivity index (χ3n) is 4.76. The summed E-state index contributed by atoms with van der Waals surface area (Å²) in [7, 11) is 0. The molecule has 3 aromatic rings. The predicted octanol–water partition coefficient (Wildman–Crippen LogP) is 3.31. The molecule has 2 aromatic heterocycles. The van der Waals surface area contributed by atoms with Gasteiger partial charge < -0.3 is 14.4 Å². The molecule has 0 spiro atoms. The van der Waals surface area contributed by atoms with Crippen molar-refractivity contribution in [3.63, 3.8) is 0 Å². The molecule has 1 aliphatic heterocycles. The highest BCUT2D eigenvalue weighted by molar-refractivity contribution is 6.06. The first kappa shape index (κ1) is 17.3. The summed E-state index contributed by atoms with van der Waals surface area (Å²) in [5.41, 5.74) is 2.63. The number of nitrogens with one attached hydrogen (secondary N) is 2. The SMILES string of the molecule is CC(C)(C)c1cc(NC(=O)c2ccc3cc4n(c3c2)CCCNC4=O)on1. The molecular formula is C20H22N4O3. The summed E-state index contributed by atoms with van der Waals surface area (Å²) in [5.74, 6) is -0.0356. The first-order valence-electron chi connectivity index (χ1n) is 9.03. The largest absolute Gasteiger partial charge is 0.351 e. The van der Waals surface area contributed by atoms with Crippen molar-refractivity contribution >= 4 is 28.6 Å². The van der Waals surface area contributed by atoms with Gasteiger partial charge in [0.1, 0.15) is 5.69 Å². The Morgan fingerprint density at radius 1 is 1.26 bits per heavy atom. The van der Waals surface area contributed by atoms with Gasteiger partial charge in [0.05, 0.1) is 5.69 Å². The average Bonchev–Trinajstić information content (AvgIpc) is 3.18. The third kappa shape index (κ3) is 3.20. The van der Waals surface area contributed by atoms with Gasteiger partial charge in [-0.1, -0.05) is 32.0 Å². The fraction of sp³-hybridized carbons (Fsp3) is 0.350. The van der Waals surface area contributed by atoms with E-state index in [0.29, 0.717) is 23.7 Å². The maximum Gasteiger partial charge on any atom is 0.267 e. The quantitative estimate of drug-likeness (QED) is 0.728. The summed E-state index contributed by atoms with van der Waals surface area (Å²) < 4.78 is 7.21. The van der Waals surface area contributed by atoms with Crippen molar-refractivity contribution in [3.05, 3.63) is 47.3 Å². The number of amides is 2. The Balaban J connectivity index is 1.63. The number of benzene rings is 1. The van der Waals surface area contributed by atoms with Crippen molar-refractivity contribution in [2.45, 2.75) is 39.2 Å². The second-order valence-electron chi connectivity index (χ2n) is 7.84. The van der Waals surface area contributed by atoms with Crippen LogP contribution in [0.1, 0.15) is 53.7 Å². The molecule has 1 aromatic carbocycles. The minimum atomic E-state index is -0.276. The summed E-state index contributed by atoms with van der Waals surface area (Å²) in [6.45, 7) is 7.47. The summed E-state index contributed by atoms with van der Waals surface area (Å²) in [5, 5.41) is 10.6. The first-order valence-corrected chi connectivity index (χ1v) is 9.03. The molecule has 4 rings (SSSR count). The monoisotopic (exact) mass is 366 g/mol. The molecule has 0 unspecified atom stereocenters. The molecule has 7 nitrogen and oxygen atoms in total. The van der Waals surface area contributed by atoms with Crippen LogP contribution in [0.4, 0.5) is 5.88 Å². The summed E-state index contributed by atoms with van der Waals surface area (Å²) in [6, 6.07) is 9.03. The second kappa shape index (κ2) is 6.26. The van der Waals surface area contributed by atoms with Crippen molar-refractivity contribution in [1.29, 1.82) is 0 Å². The van der Waals surface area contributed by atoms with Crippen LogP contribution in [0, 0.1) is 0 Å². The van der Waals surface area contributed by atoms with Crippen molar-refractivity contribution in [2.75, 3.05) is 11.9 Å². The number of fused-ring (bicyclic) bond motifs is 3. The van der Waals surface area contributed by atoms with Gasteiger partial charge in [0.15, 0.2) is 0 Å². The highest BCUT2D eigenvalue weighted by Crippen LogP contribution is 2.26. The molecule has 0 radical (unpaired) electrons. The first-order chi connectivity index (χ1) is 12.8. The van der Waals surface area contributed by atoms with Crippen molar-refractivity contribution in [3.8, 4) is 0 Å². The lowest BCUT2D eigenvalue weighted by Gasteiger charge is -2.12. The molecule has 2 N–H and O–H groups in total. The highest BCUT2D eigenvalue weighted by atomic mass is 16.5. The smallest absolute Gasteiger partial charge is 0.267 e. The summed E-state index contributed by atoms with van der Waals surface area (Å²) in [6.07, 6.45) is 0.854. The lowest BCUT2D eigenvalue weighted by Crippen LogP contribution is -2.22. The fourth-order valence-corrected chi connectivity index (χ4v) is 3.23. The van der Waals surface area contributed by atoms with Crippen LogP contribution in [0.15, 0.2) is 34.9 Å². The van der Waals surface area contributed by atoms with Crippen molar-refractivity contribution in [2.24, 2.45) is 0 Å². The summed E-state index contributed by atoms with van der Waals surface area (Å²) in [4.78, 5) is 24.8. The van der Waals surface area contributed by atoms with Gasteiger partial charge in [0.2, 0.25) is 5.88 Å². The van der Waals surface area contributed by atoms with E-state index in [-0.39, 0.29) is 17.2 Å². The lowest BCUT2D eigenvalue weighted by atomic mass is 9.92. The zero-order valence-electron chi connectivity index (χ0n) is 15.6. The number of carbonyl (C=O) groups excluding carboxylic acids is 2. The van der Waals surface area contributed by atoms with Gasteiger partial charge in [-0.2, -0.15) is 0 Å². The maximum absolute atomic E-state index is 12.7. The Kier molecular flexibility index (Phi) is 4.02. The van der Waals surface area contributed by atoms with E-state index in [4.69, 9.17) is 4.52 Å². The molecule has 0 bridgehead atoms. The predicted molar refractivity (Wildman–Crippen MR) is 102 cm³/mol. The van der Waals surface area contributed by atoms with E-state index in [1.165, 1.54) is 0 Å². The number of aryl methyl sites for hydroxylation is 1. The van der Waals surface area contributed by atoms with Gasteiger partial charge in [-0.05, 0) is 24.6 Å². The van der Waals surface area contributed by atoms with Crippen LogP contribution in [0.5, 0.6) is 0 Å². The molecule has 0 aliphatic carbocycles. The molecule has 1 aliphatic rings. The van der Waals surface area contributed by atoms with E-state index in [1.54, 1.807) is 12.1 Å². The minimum absolute atomic E-state index is 0.0777. The van der Waals surface area contributed by atoms with Crippen molar-refractivity contribution in [1.82, 2.24) is 15.0 Å². The topological polar surface area (TPSA) is 89.2 Å². The Bertz CT molecular complexity index is 1040. The van der Waals surface area contributed by atoms with Gasteiger partial charge in [-0.3, -0.25) is 14.9 Å². The maximum atomic E-state index is 12.7. The molecule has 0 saturated heterocycles. The molecule has 3 heterocycles. The van der Waals surface area contributed by atoms with Gasteiger partial charge in [-0.25, -0.2) is 0 Å². The zero-order chi connectivity index (χ0) is 19.2. The van der Waals surface area contributed by atoms with E-state index < -0.39 is 0 Å². The number of hydrogen-bond donors (Lipinski definition) is 2. The van der Waals surface area contributed by atoms with Crippen LogP contribution in [-0.2, 0) is 12.0 Å². The number of aromatic nitrogens is 2. The Labute approximate surface area is 156 Å². The molecule has 0 fully saturated rings. The normalized spacial score (nSPS) is 14.6. The van der Waals surface area contributed by atoms with E-state index in [1.807, 2.05) is 43.5 Å². The van der Waals surface area contributed by atoms with Crippen LogP contribution in [0.3, 0.4) is 0 Å². The number of carbonyl (C=O) groups is 2. The molecule has 7 heteroatoms. The Morgan fingerprint density at radius 3 is 2.81 bits per heavy atom.